The lowest BCUT2D eigenvalue weighted by Gasteiger charge is -2.13. The third-order valence-electron chi connectivity index (χ3n) is 3.14. The third-order valence-corrected chi connectivity index (χ3v) is 4.33. The molecule has 1 aliphatic carbocycles. The first-order chi connectivity index (χ1) is 8.60. The van der Waals surface area contributed by atoms with Crippen LogP contribution in [0, 0.1) is 15.5 Å². The van der Waals surface area contributed by atoms with E-state index in [0.717, 1.165) is 18.2 Å². The lowest BCUT2D eigenvalue weighted by Crippen LogP contribution is -2.14. The standard InChI is InChI=1S/C12H14BrNO4/c1-17-9-2-3-10(14(15)16)11(6-9)18-8-12(7-13)4-5-12/h2-3,6H,4-5,7-8H2,1H3. The van der Waals surface area contributed by atoms with Crippen LogP contribution in [0.1, 0.15) is 12.8 Å². The number of hydrogen-bond acceptors (Lipinski definition) is 4. The number of benzene rings is 1. The van der Waals surface area contributed by atoms with Gasteiger partial charge >= 0.3 is 5.69 Å². The third kappa shape index (κ3) is 2.75. The van der Waals surface area contributed by atoms with Gasteiger partial charge in [-0.15, -0.1) is 0 Å². The fourth-order valence-electron chi connectivity index (χ4n) is 1.61. The number of halogens is 1. The van der Waals surface area contributed by atoms with Gasteiger partial charge in [0.1, 0.15) is 5.75 Å². The summed E-state index contributed by atoms with van der Waals surface area (Å²) in [6.45, 7) is 0.492. The molecule has 98 valence electrons. The highest BCUT2D eigenvalue weighted by Gasteiger charge is 2.42. The van der Waals surface area contributed by atoms with Crippen LogP contribution in [0.4, 0.5) is 5.69 Å². The van der Waals surface area contributed by atoms with Crippen molar-refractivity contribution < 1.29 is 14.4 Å². The fraction of sp³-hybridized carbons (Fsp3) is 0.500. The summed E-state index contributed by atoms with van der Waals surface area (Å²) in [6, 6.07) is 4.52. The van der Waals surface area contributed by atoms with Crippen molar-refractivity contribution in [2.24, 2.45) is 5.41 Å². The van der Waals surface area contributed by atoms with E-state index in [0.29, 0.717) is 12.4 Å². The van der Waals surface area contributed by atoms with Gasteiger partial charge in [0.2, 0.25) is 5.75 Å². The minimum Gasteiger partial charge on any atom is -0.497 e. The van der Waals surface area contributed by atoms with E-state index >= 15 is 0 Å². The Labute approximate surface area is 113 Å². The molecule has 0 aliphatic heterocycles. The van der Waals surface area contributed by atoms with Crippen LogP contribution in [-0.4, -0.2) is 24.0 Å². The van der Waals surface area contributed by atoms with Crippen molar-refractivity contribution in [2.75, 3.05) is 19.0 Å². The highest BCUT2D eigenvalue weighted by Crippen LogP contribution is 2.47. The Morgan fingerprint density at radius 2 is 2.22 bits per heavy atom. The van der Waals surface area contributed by atoms with E-state index in [2.05, 4.69) is 15.9 Å². The van der Waals surface area contributed by atoms with Gasteiger partial charge in [0, 0.05) is 22.9 Å². The van der Waals surface area contributed by atoms with Crippen LogP contribution >= 0.6 is 15.9 Å². The number of nitro benzene ring substituents is 1. The second-order valence-electron chi connectivity index (χ2n) is 4.51. The Kier molecular flexibility index (Phi) is 3.75. The summed E-state index contributed by atoms with van der Waals surface area (Å²) < 4.78 is 10.7. The van der Waals surface area contributed by atoms with Crippen LogP contribution < -0.4 is 9.47 Å². The zero-order valence-corrected chi connectivity index (χ0v) is 11.6. The van der Waals surface area contributed by atoms with Crippen molar-refractivity contribution in [2.45, 2.75) is 12.8 Å². The van der Waals surface area contributed by atoms with Gasteiger partial charge in [-0.1, -0.05) is 15.9 Å². The maximum atomic E-state index is 10.9. The van der Waals surface area contributed by atoms with Crippen molar-refractivity contribution in [1.29, 1.82) is 0 Å². The van der Waals surface area contributed by atoms with Crippen molar-refractivity contribution in [3.8, 4) is 11.5 Å². The van der Waals surface area contributed by atoms with E-state index in [1.165, 1.54) is 13.2 Å². The molecule has 1 aromatic rings. The first kappa shape index (κ1) is 13.1. The lowest BCUT2D eigenvalue weighted by molar-refractivity contribution is -0.385. The molecule has 0 atom stereocenters. The van der Waals surface area contributed by atoms with Crippen LogP contribution in [0.25, 0.3) is 0 Å². The zero-order valence-electron chi connectivity index (χ0n) is 10.0. The summed E-state index contributed by atoms with van der Waals surface area (Å²) in [5.41, 5.74) is 0.123. The maximum absolute atomic E-state index is 10.9. The topological polar surface area (TPSA) is 61.6 Å². The maximum Gasteiger partial charge on any atom is 0.311 e. The SMILES string of the molecule is COc1ccc([N+](=O)[O-])c(OCC2(CBr)CC2)c1. The minimum absolute atomic E-state index is 0.0267. The summed E-state index contributed by atoms with van der Waals surface area (Å²) >= 11 is 3.44. The van der Waals surface area contributed by atoms with E-state index in [1.54, 1.807) is 12.1 Å². The summed E-state index contributed by atoms with van der Waals surface area (Å²) in [5, 5.41) is 11.8. The van der Waals surface area contributed by atoms with E-state index in [1.807, 2.05) is 0 Å². The van der Waals surface area contributed by atoms with Gasteiger partial charge in [0.05, 0.1) is 18.6 Å². The molecule has 18 heavy (non-hydrogen) atoms. The minimum atomic E-state index is -0.442. The van der Waals surface area contributed by atoms with Gasteiger partial charge in [-0.2, -0.15) is 0 Å². The molecule has 0 N–H and O–H groups in total. The molecule has 0 heterocycles. The van der Waals surface area contributed by atoms with Gasteiger partial charge in [-0.25, -0.2) is 0 Å². The first-order valence-corrected chi connectivity index (χ1v) is 6.73. The molecule has 0 spiro atoms. The lowest BCUT2D eigenvalue weighted by atomic mass is 10.2. The van der Waals surface area contributed by atoms with Gasteiger partial charge in [0.15, 0.2) is 0 Å². The molecule has 2 rings (SSSR count). The predicted octanol–water partition coefficient (Wildman–Crippen LogP) is 3.16. The number of hydrogen-bond donors (Lipinski definition) is 0. The number of nitro groups is 1. The second kappa shape index (κ2) is 5.14. The molecule has 0 radical (unpaired) electrons. The number of alkyl halides is 1. The molecule has 0 unspecified atom stereocenters. The fourth-order valence-corrected chi connectivity index (χ4v) is 2.33. The molecule has 1 aliphatic rings. The molecule has 1 aromatic carbocycles. The summed E-state index contributed by atoms with van der Waals surface area (Å²) in [6.07, 6.45) is 2.19. The normalized spacial score (nSPS) is 16.1. The molecular formula is C12H14BrNO4. The quantitative estimate of drug-likeness (QED) is 0.459. The Hall–Kier alpha value is -1.30. The van der Waals surface area contributed by atoms with E-state index in [4.69, 9.17) is 9.47 Å². The van der Waals surface area contributed by atoms with E-state index < -0.39 is 4.92 Å². The molecule has 5 nitrogen and oxygen atoms in total. The molecule has 1 fully saturated rings. The van der Waals surface area contributed by atoms with Crippen LogP contribution in [0.5, 0.6) is 11.5 Å². The molecule has 6 heteroatoms. The summed E-state index contributed by atoms with van der Waals surface area (Å²) in [4.78, 5) is 10.5. The zero-order chi connectivity index (χ0) is 13.2. The van der Waals surface area contributed by atoms with E-state index in [-0.39, 0.29) is 16.9 Å². The highest BCUT2D eigenvalue weighted by molar-refractivity contribution is 9.09. The Morgan fingerprint density at radius 3 is 2.72 bits per heavy atom. The molecule has 0 saturated heterocycles. The van der Waals surface area contributed by atoms with Gasteiger partial charge < -0.3 is 9.47 Å². The second-order valence-corrected chi connectivity index (χ2v) is 5.07. The summed E-state index contributed by atoms with van der Waals surface area (Å²) in [5.74, 6) is 0.825. The Balaban J connectivity index is 2.16. The van der Waals surface area contributed by atoms with Gasteiger partial charge in [-0.05, 0) is 18.9 Å². The predicted molar refractivity (Wildman–Crippen MR) is 70.6 cm³/mol. The van der Waals surface area contributed by atoms with Crippen molar-refractivity contribution in [3.05, 3.63) is 28.3 Å². The van der Waals surface area contributed by atoms with Crippen LogP contribution in [0.15, 0.2) is 18.2 Å². The number of rotatable bonds is 6. The van der Waals surface area contributed by atoms with Gasteiger partial charge in [-0.3, -0.25) is 10.1 Å². The molecule has 1 saturated carbocycles. The van der Waals surface area contributed by atoms with Gasteiger partial charge in [0.25, 0.3) is 0 Å². The number of ether oxygens (including phenoxy) is 2. The average Bonchev–Trinajstić information content (AvgIpc) is 3.16. The number of nitrogens with zero attached hydrogens (tertiary/aromatic N) is 1. The average molecular weight is 316 g/mol. The van der Waals surface area contributed by atoms with Crippen LogP contribution in [-0.2, 0) is 0 Å². The Bertz CT molecular complexity index is 459. The van der Waals surface area contributed by atoms with Crippen molar-refractivity contribution in [1.82, 2.24) is 0 Å². The van der Waals surface area contributed by atoms with Crippen LogP contribution in [0.3, 0.4) is 0 Å². The number of methoxy groups -OCH3 is 1. The molecular weight excluding hydrogens is 302 g/mol. The van der Waals surface area contributed by atoms with Crippen LogP contribution in [0.2, 0.25) is 0 Å². The molecule has 0 aromatic heterocycles. The largest absolute Gasteiger partial charge is 0.497 e. The summed E-state index contributed by atoms with van der Waals surface area (Å²) in [7, 11) is 1.52. The highest BCUT2D eigenvalue weighted by atomic mass is 79.9. The molecule has 0 amide bonds. The van der Waals surface area contributed by atoms with Crippen molar-refractivity contribution in [3.63, 3.8) is 0 Å². The monoisotopic (exact) mass is 315 g/mol. The van der Waals surface area contributed by atoms with Crippen molar-refractivity contribution >= 4 is 21.6 Å². The first-order valence-electron chi connectivity index (χ1n) is 5.61. The smallest absolute Gasteiger partial charge is 0.311 e. The molecule has 0 bridgehead atoms. The van der Waals surface area contributed by atoms with E-state index in [9.17, 15) is 10.1 Å². The Morgan fingerprint density at radius 1 is 1.50 bits per heavy atom.